The Morgan fingerprint density at radius 1 is 1.18 bits per heavy atom. The van der Waals surface area contributed by atoms with Crippen molar-refractivity contribution >= 4 is 23.6 Å². The maximum atomic E-state index is 13.1. The molecule has 5 N–H and O–H groups in total. The Kier molecular flexibility index (Phi) is 11.8. The third-order valence-electron chi connectivity index (χ3n) is 7.27. The Labute approximate surface area is 228 Å². The van der Waals surface area contributed by atoms with Gasteiger partial charge in [0, 0.05) is 12.9 Å². The maximum absolute atomic E-state index is 13.1. The zero-order valence-electron chi connectivity index (χ0n) is 22.5. The summed E-state index contributed by atoms with van der Waals surface area (Å²) in [6.45, 7) is 6.63. The van der Waals surface area contributed by atoms with Crippen molar-refractivity contribution in [2.24, 2.45) is 5.92 Å². The van der Waals surface area contributed by atoms with Crippen molar-refractivity contribution in [2.45, 2.75) is 88.1 Å². The zero-order valence-corrected chi connectivity index (χ0v) is 23.4. The normalized spacial score (nSPS) is 31.0. The van der Waals surface area contributed by atoms with E-state index in [1.54, 1.807) is 19.1 Å². The van der Waals surface area contributed by atoms with E-state index in [2.05, 4.69) is 17.6 Å². The van der Waals surface area contributed by atoms with E-state index < -0.39 is 48.0 Å². The summed E-state index contributed by atoms with van der Waals surface area (Å²) < 4.78 is 16.8. The second-order valence-corrected chi connectivity index (χ2v) is 11.3. The molecule has 2 aliphatic heterocycles. The first-order chi connectivity index (χ1) is 18.2. The van der Waals surface area contributed by atoms with Crippen LogP contribution in [0.25, 0.3) is 0 Å². The Bertz CT molecular complexity index is 904. The molecule has 2 saturated heterocycles. The molecular weight excluding hydrogens is 512 g/mol. The van der Waals surface area contributed by atoms with Gasteiger partial charge in [0.05, 0.1) is 23.8 Å². The number of thioether (sulfide) groups is 1. The Hall–Kier alpha value is -1.73. The van der Waals surface area contributed by atoms with E-state index in [0.29, 0.717) is 11.5 Å². The smallest absolute Gasteiger partial charge is 0.338 e. The number of amides is 1. The van der Waals surface area contributed by atoms with Crippen molar-refractivity contribution in [3.63, 3.8) is 0 Å². The number of esters is 1. The minimum atomic E-state index is -1.50. The van der Waals surface area contributed by atoms with Crippen molar-refractivity contribution in [1.29, 1.82) is 0 Å². The number of nitrogens with one attached hydrogen (secondary N) is 2. The lowest BCUT2D eigenvalue weighted by atomic mass is 9.91. The van der Waals surface area contributed by atoms with Gasteiger partial charge in [0.25, 0.3) is 0 Å². The van der Waals surface area contributed by atoms with Gasteiger partial charge in [0.15, 0.2) is 0 Å². The number of aliphatic hydroxyl groups excluding tert-OH is 3. The van der Waals surface area contributed by atoms with E-state index in [-0.39, 0.29) is 24.3 Å². The summed E-state index contributed by atoms with van der Waals surface area (Å²) in [7, 11) is 1.49. The largest absolute Gasteiger partial charge is 0.461 e. The summed E-state index contributed by atoms with van der Waals surface area (Å²) in [5.74, 6) is 0.0447. The minimum Gasteiger partial charge on any atom is -0.461 e. The Balaban J connectivity index is 1.59. The van der Waals surface area contributed by atoms with E-state index in [1.807, 2.05) is 19.1 Å². The van der Waals surface area contributed by atoms with Gasteiger partial charge in [-0.15, -0.1) is 11.8 Å². The van der Waals surface area contributed by atoms with Gasteiger partial charge in [-0.25, -0.2) is 4.79 Å². The molecule has 0 bridgehead atoms. The van der Waals surface area contributed by atoms with Gasteiger partial charge in [-0.2, -0.15) is 0 Å². The van der Waals surface area contributed by atoms with Crippen molar-refractivity contribution in [2.75, 3.05) is 26.0 Å². The fourth-order valence-electron chi connectivity index (χ4n) is 4.89. The van der Waals surface area contributed by atoms with Crippen LogP contribution in [0.15, 0.2) is 24.3 Å². The third-order valence-corrected chi connectivity index (χ3v) is 8.39. The topological polar surface area (TPSA) is 147 Å². The van der Waals surface area contributed by atoms with Crippen LogP contribution in [0.1, 0.15) is 49.0 Å². The quantitative estimate of drug-likeness (QED) is 0.187. The predicted octanol–water partition coefficient (Wildman–Crippen LogP) is 0.991. The highest BCUT2D eigenvalue weighted by Crippen LogP contribution is 2.31. The third kappa shape index (κ3) is 7.91. The summed E-state index contributed by atoms with van der Waals surface area (Å²) in [4.78, 5) is 25.3. The summed E-state index contributed by atoms with van der Waals surface area (Å²) in [6.07, 6.45) is -3.08. The number of aliphatic hydroxyl groups is 3. The second-order valence-electron chi connectivity index (χ2n) is 10.1. The molecule has 3 rings (SSSR count). The average molecular weight is 555 g/mol. The summed E-state index contributed by atoms with van der Waals surface area (Å²) in [5.41, 5.74) is 0.560. The van der Waals surface area contributed by atoms with Crippen molar-refractivity contribution in [3.8, 4) is 0 Å². The summed E-state index contributed by atoms with van der Waals surface area (Å²) >= 11 is 1.15. The number of carbonyl (C=O) groups is 2. The summed E-state index contributed by atoms with van der Waals surface area (Å²) in [5, 5.41) is 38.2. The molecule has 1 aromatic carbocycles. The average Bonchev–Trinajstić information content (AvgIpc) is 3.38. The van der Waals surface area contributed by atoms with Gasteiger partial charge < -0.3 is 40.2 Å². The molecule has 38 heavy (non-hydrogen) atoms. The first-order valence-electron chi connectivity index (χ1n) is 13.3. The number of hydrogen-bond donors (Lipinski definition) is 5. The van der Waals surface area contributed by atoms with Crippen LogP contribution in [0, 0.1) is 12.8 Å². The minimum absolute atomic E-state index is 0.0637. The van der Waals surface area contributed by atoms with Crippen LogP contribution in [-0.4, -0.2) is 101 Å². The number of rotatable bonds is 12. The summed E-state index contributed by atoms with van der Waals surface area (Å²) in [6, 6.07) is 5.90. The Morgan fingerprint density at radius 3 is 2.55 bits per heavy atom. The highest BCUT2D eigenvalue weighted by atomic mass is 32.2. The van der Waals surface area contributed by atoms with Gasteiger partial charge >= 0.3 is 5.97 Å². The lowest BCUT2D eigenvalue weighted by Crippen LogP contribution is -2.66. The molecule has 0 unspecified atom stereocenters. The molecule has 0 radical (unpaired) electrons. The molecule has 0 aliphatic carbocycles. The molecule has 2 aliphatic rings. The van der Waals surface area contributed by atoms with Gasteiger partial charge in [-0.1, -0.05) is 31.0 Å². The van der Waals surface area contributed by atoms with E-state index >= 15 is 0 Å². The van der Waals surface area contributed by atoms with Crippen LogP contribution in [0.5, 0.6) is 0 Å². The van der Waals surface area contributed by atoms with Gasteiger partial charge in [-0.3, -0.25) is 4.79 Å². The van der Waals surface area contributed by atoms with Crippen molar-refractivity contribution < 1.29 is 39.1 Å². The maximum Gasteiger partial charge on any atom is 0.338 e. The van der Waals surface area contributed by atoms with Crippen molar-refractivity contribution in [1.82, 2.24) is 10.6 Å². The highest BCUT2D eigenvalue weighted by Gasteiger charge is 2.49. The number of benzene rings is 1. The number of carbonyl (C=O) groups excluding carboxylic acids is 2. The van der Waals surface area contributed by atoms with Crippen LogP contribution < -0.4 is 10.6 Å². The molecule has 10 nitrogen and oxygen atoms in total. The number of aryl methyl sites for hydroxylation is 1. The van der Waals surface area contributed by atoms with E-state index in [0.717, 1.165) is 43.1 Å². The molecule has 0 aromatic heterocycles. The van der Waals surface area contributed by atoms with E-state index in [9.17, 15) is 24.9 Å². The fraction of sp³-hybridized carbons (Fsp3) is 0.704. The number of methoxy groups -OCH3 is 1. The number of ether oxygens (including phenoxy) is 3. The second kappa shape index (κ2) is 14.6. The van der Waals surface area contributed by atoms with Crippen LogP contribution >= 0.6 is 11.8 Å². The molecular formula is C27H42N2O8S. The van der Waals surface area contributed by atoms with E-state index in [1.165, 1.54) is 7.11 Å². The molecule has 11 heteroatoms. The SMILES string of the molecule is CCC[C@H]1CN[C@H](C(=O)N[C@@H]([C@H]2O[C@H](SCCOC(=O)c3ccc(C)cc3)[C@H](O)[C@@H](O)[C@H]2O)[C@@H](C)OC)C1. The van der Waals surface area contributed by atoms with Crippen molar-refractivity contribution in [3.05, 3.63) is 35.4 Å². The van der Waals surface area contributed by atoms with Gasteiger partial charge in [0.1, 0.15) is 36.5 Å². The monoisotopic (exact) mass is 554 g/mol. The van der Waals surface area contributed by atoms with Crippen LogP contribution in [0.3, 0.4) is 0 Å². The van der Waals surface area contributed by atoms with Gasteiger partial charge in [0.2, 0.25) is 5.91 Å². The molecule has 1 amide bonds. The molecule has 1 aromatic rings. The first-order valence-corrected chi connectivity index (χ1v) is 14.3. The lowest BCUT2D eigenvalue weighted by molar-refractivity contribution is -0.212. The van der Waals surface area contributed by atoms with Crippen LogP contribution in [-0.2, 0) is 19.0 Å². The Morgan fingerprint density at radius 2 is 1.89 bits per heavy atom. The predicted molar refractivity (Wildman–Crippen MR) is 144 cm³/mol. The first kappa shape index (κ1) is 30.8. The standard InChI is InChI=1S/C27H42N2O8S/c1-5-6-17-13-19(28-14-17)25(33)29-20(16(3)35-4)24-22(31)21(30)23(32)27(37-24)38-12-11-36-26(34)18-9-7-15(2)8-10-18/h7-10,16-17,19-24,27-28,30-32H,5-6,11-14H2,1-4H3,(H,29,33)/t16-,17-,19+,20-,21+,22-,23-,24-,27-/m1/s1. The molecule has 9 atom stereocenters. The molecule has 214 valence electrons. The highest BCUT2D eigenvalue weighted by molar-refractivity contribution is 7.99. The van der Waals surface area contributed by atoms with Crippen LogP contribution in [0.2, 0.25) is 0 Å². The zero-order chi connectivity index (χ0) is 27.8. The lowest BCUT2D eigenvalue weighted by Gasteiger charge is -2.44. The van der Waals surface area contributed by atoms with Crippen LogP contribution in [0.4, 0.5) is 0 Å². The fourth-order valence-corrected chi connectivity index (χ4v) is 5.87. The van der Waals surface area contributed by atoms with Gasteiger partial charge in [-0.05, 0) is 51.3 Å². The van der Waals surface area contributed by atoms with E-state index in [4.69, 9.17) is 14.2 Å². The molecule has 2 fully saturated rings. The molecule has 0 spiro atoms. The number of hydrogen-bond acceptors (Lipinski definition) is 10. The molecule has 2 heterocycles. The molecule has 0 saturated carbocycles.